The third kappa shape index (κ3) is 3.27. The number of rotatable bonds is 3. The Balaban J connectivity index is 1.73. The van der Waals surface area contributed by atoms with E-state index in [1.165, 1.54) is 0 Å². The summed E-state index contributed by atoms with van der Waals surface area (Å²) in [5.74, 6) is 1.14. The monoisotopic (exact) mass is 238 g/mol. The Labute approximate surface area is 101 Å². The highest BCUT2D eigenvalue weighted by molar-refractivity contribution is 8.13. The van der Waals surface area contributed by atoms with Crippen LogP contribution in [0, 0.1) is 5.41 Å². The molecule has 0 saturated carbocycles. The lowest BCUT2D eigenvalue weighted by molar-refractivity contribution is 0.436. The van der Waals surface area contributed by atoms with Crippen LogP contribution in [0.2, 0.25) is 0 Å². The lowest BCUT2D eigenvalue weighted by Crippen LogP contribution is -2.32. The molecule has 0 radical (unpaired) electrons. The Morgan fingerprint density at radius 2 is 2.44 bits per heavy atom. The lowest BCUT2D eigenvalue weighted by Gasteiger charge is -2.27. The van der Waals surface area contributed by atoms with Crippen LogP contribution in [0.25, 0.3) is 0 Å². The second kappa shape index (κ2) is 4.91. The lowest BCUT2D eigenvalue weighted by atomic mass is 9.97. The van der Waals surface area contributed by atoms with Crippen LogP contribution in [-0.2, 0) is 6.54 Å². The molecule has 1 N–H and O–H groups in total. The van der Waals surface area contributed by atoms with Crippen molar-refractivity contribution in [1.29, 1.82) is 0 Å². The normalized spacial score (nSPS) is 19.2. The Hall–Kier alpha value is -0.970. The number of imidazole rings is 1. The molecule has 16 heavy (non-hydrogen) atoms. The van der Waals surface area contributed by atoms with Gasteiger partial charge in [-0.25, -0.2) is 4.98 Å². The number of aromatic nitrogens is 2. The minimum absolute atomic E-state index is 0.347. The second-order valence-electron chi connectivity index (χ2n) is 4.80. The molecule has 2 rings (SSSR count). The van der Waals surface area contributed by atoms with Crippen molar-refractivity contribution >= 4 is 16.9 Å². The molecule has 5 heteroatoms. The van der Waals surface area contributed by atoms with Crippen molar-refractivity contribution in [2.45, 2.75) is 20.4 Å². The summed E-state index contributed by atoms with van der Waals surface area (Å²) in [4.78, 5) is 8.55. The van der Waals surface area contributed by atoms with Gasteiger partial charge in [-0.15, -0.1) is 0 Å². The molecule has 88 valence electrons. The van der Waals surface area contributed by atoms with E-state index in [1.807, 2.05) is 24.3 Å². The number of nitrogens with zero attached hydrogens (tertiary/aromatic N) is 3. The molecule has 0 fully saturated rings. The van der Waals surface area contributed by atoms with Crippen molar-refractivity contribution in [3.63, 3.8) is 0 Å². The maximum atomic E-state index is 4.54. The van der Waals surface area contributed by atoms with Crippen molar-refractivity contribution in [1.82, 2.24) is 14.9 Å². The van der Waals surface area contributed by atoms with Crippen LogP contribution in [0.1, 0.15) is 13.8 Å². The average molecular weight is 238 g/mol. The SMILES string of the molecule is CC1(C)CN=C(NCCn2ccnc2)SC1. The summed E-state index contributed by atoms with van der Waals surface area (Å²) in [6.45, 7) is 7.27. The van der Waals surface area contributed by atoms with Crippen molar-refractivity contribution in [3.8, 4) is 0 Å². The first kappa shape index (κ1) is 11.5. The standard InChI is InChI=1S/C11H18N4S/c1-11(2)7-14-10(16-8-11)13-4-6-15-5-3-12-9-15/h3,5,9H,4,6-8H2,1-2H3,(H,13,14). The number of nitrogens with one attached hydrogen (secondary N) is 1. The number of hydrogen-bond donors (Lipinski definition) is 1. The first-order chi connectivity index (χ1) is 7.66. The molecule has 1 aliphatic heterocycles. The van der Waals surface area contributed by atoms with E-state index in [2.05, 4.69) is 33.7 Å². The Kier molecular flexibility index (Phi) is 3.53. The smallest absolute Gasteiger partial charge is 0.156 e. The Morgan fingerprint density at radius 1 is 1.56 bits per heavy atom. The molecule has 1 aromatic rings. The minimum Gasteiger partial charge on any atom is -0.363 e. The maximum Gasteiger partial charge on any atom is 0.156 e. The number of hydrogen-bond acceptors (Lipinski definition) is 4. The largest absolute Gasteiger partial charge is 0.363 e. The predicted octanol–water partition coefficient (Wildman–Crippen LogP) is 1.60. The van der Waals surface area contributed by atoms with Gasteiger partial charge in [0, 0.05) is 37.8 Å². The number of aliphatic imine (C=N–C) groups is 1. The van der Waals surface area contributed by atoms with Crippen LogP contribution in [-0.4, -0.2) is 33.6 Å². The molecule has 0 aliphatic carbocycles. The van der Waals surface area contributed by atoms with Crippen LogP contribution in [0.4, 0.5) is 0 Å². The van der Waals surface area contributed by atoms with Crippen LogP contribution in [0.3, 0.4) is 0 Å². The van der Waals surface area contributed by atoms with Gasteiger partial charge < -0.3 is 9.88 Å². The summed E-state index contributed by atoms with van der Waals surface area (Å²) < 4.78 is 2.06. The van der Waals surface area contributed by atoms with Gasteiger partial charge >= 0.3 is 0 Å². The highest BCUT2D eigenvalue weighted by atomic mass is 32.2. The van der Waals surface area contributed by atoms with Crippen molar-refractivity contribution in [2.24, 2.45) is 10.4 Å². The zero-order chi connectivity index (χ0) is 11.4. The van der Waals surface area contributed by atoms with Gasteiger partial charge in [0.15, 0.2) is 5.17 Å². The topological polar surface area (TPSA) is 42.2 Å². The van der Waals surface area contributed by atoms with Gasteiger partial charge in [0.25, 0.3) is 0 Å². The highest BCUT2D eigenvalue weighted by Gasteiger charge is 2.22. The van der Waals surface area contributed by atoms with Gasteiger partial charge in [0.05, 0.1) is 6.33 Å². The van der Waals surface area contributed by atoms with Crippen molar-refractivity contribution < 1.29 is 0 Å². The molecule has 0 saturated heterocycles. The van der Waals surface area contributed by atoms with Gasteiger partial charge in [0.1, 0.15) is 0 Å². The van der Waals surface area contributed by atoms with Gasteiger partial charge in [-0.1, -0.05) is 25.6 Å². The molecule has 1 aromatic heterocycles. The van der Waals surface area contributed by atoms with Gasteiger partial charge in [-0.2, -0.15) is 0 Å². The van der Waals surface area contributed by atoms with Crippen LogP contribution in [0.5, 0.6) is 0 Å². The molecule has 0 bridgehead atoms. The molecule has 0 unspecified atom stereocenters. The summed E-state index contributed by atoms with van der Waals surface area (Å²) in [5.41, 5.74) is 0.347. The highest BCUT2D eigenvalue weighted by Crippen LogP contribution is 2.26. The van der Waals surface area contributed by atoms with E-state index in [9.17, 15) is 0 Å². The zero-order valence-corrected chi connectivity index (χ0v) is 10.6. The van der Waals surface area contributed by atoms with E-state index in [4.69, 9.17) is 0 Å². The van der Waals surface area contributed by atoms with Crippen molar-refractivity contribution in [2.75, 3.05) is 18.8 Å². The Bertz CT molecular complexity index is 356. The van der Waals surface area contributed by atoms with E-state index in [1.54, 1.807) is 6.20 Å². The van der Waals surface area contributed by atoms with Gasteiger partial charge in [0.2, 0.25) is 0 Å². The average Bonchev–Trinajstić information content (AvgIpc) is 2.73. The first-order valence-electron chi connectivity index (χ1n) is 5.53. The maximum absolute atomic E-state index is 4.54. The molecule has 0 atom stereocenters. The molecular formula is C11H18N4S. The third-order valence-electron chi connectivity index (χ3n) is 2.46. The fourth-order valence-corrected chi connectivity index (χ4v) is 2.44. The first-order valence-corrected chi connectivity index (χ1v) is 6.51. The second-order valence-corrected chi connectivity index (χ2v) is 5.77. The summed E-state index contributed by atoms with van der Waals surface area (Å²) in [7, 11) is 0. The summed E-state index contributed by atoms with van der Waals surface area (Å²) >= 11 is 1.82. The molecule has 0 aromatic carbocycles. The summed E-state index contributed by atoms with van der Waals surface area (Å²) in [6, 6.07) is 0. The third-order valence-corrected chi connectivity index (χ3v) is 3.93. The van der Waals surface area contributed by atoms with Crippen molar-refractivity contribution in [3.05, 3.63) is 18.7 Å². The van der Waals surface area contributed by atoms with Crippen LogP contribution < -0.4 is 5.32 Å². The fraction of sp³-hybridized carbons (Fsp3) is 0.636. The minimum atomic E-state index is 0.347. The molecule has 0 spiro atoms. The van der Waals surface area contributed by atoms with E-state index in [0.29, 0.717) is 5.41 Å². The Morgan fingerprint density at radius 3 is 3.06 bits per heavy atom. The van der Waals surface area contributed by atoms with Gasteiger partial charge in [-0.05, 0) is 5.41 Å². The van der Waals surface area contributed by atoms with Crippen LogP contribution in [0.15, 0.2) is 23.7 Å². The molecular weight excluding hydrogens is 220 g/mol. The molecule has 0 amide bonds. The van der Waals surface area contributed by atoms with E-state index >= 15 is 0 Å². The number of thioether (sulfide) groups is 1. The van der Waals surface area contributed by atoms with E-state index < -0.39 is 0 Å². The molecule has 1 aliphatic rings. The predicted molar refractivity (Wildman–Crippen MR) is 68.8 cm³/mol. The number of amidine groups is 1. The molecule has 2 heterocycles. The summed E-state index contributed by atoms with van der Waals surface area (Å²) in [5, 5.41) is 4.44. The van der Waals surface area contributed by atoms with Gasteiger partial charge in [-0.3, -0.25) is 4.99 Å². The molecule has 4 nitrogen and oxygen atoms in total. The van der Waals surface area contributed by atoms with E-state index in [0.717, 1.165) is 30.6 Å². The fourth-order valence-electron chi connectivity index (χ4n) is 1.46. The zero-order valence-electron chi connectivity index (χ0n) is 9.81. The van der Waals surface area contributed by atoms with E-state index in [-0.39, 0.29) is 0 Å². The quantitative estimate of drug-likeness (QED) is 0.870. The summed E-state index contributed by atoms with van der Waals surface area (Å²) in [6.07, 6.45) is 5.61. The van der Waals surface area contributed by atoms with Crippen LogP contribution >= 0.6 is 11.8 Å².